The molecular weight excluding hydrogens is 224 g/mol. The zero-order valence-electron chi connectivity index (χ0n) is 9.52. The first-order valence-corrected chi connectivity index (χ1v) is 6.65. The molecule has 6 heteroatoms. The van der Waals surface area contributed by atoms with Crippen LogP contribution in [0.2, 0.25) is 0 Å². The molecule has 0 saturated carbocycles. The first-order valence-electron chi connectivity index (χ1n) is 5.66. The van der Waals surface area contributed by atoms with Crippen LogP contribution in [0.5, 0.6) is 0 Å². The average molecular weight is 242 g/mol. The second kappa shape index (κ2) is 5.65. The molecule has 90 valence electrons. The van der Waals surface area contributed by atoms with E-state index in [0.29, 0.717) is 11.7 Å². The Hall–Kier alpha value is -0.590. The Kier molecular flexibility index (Phi) is 4.20. The maximum atomic E-state index is 8.79. The summed E-state index contributed by atoms with van der Waals surface area (Å²) in [6, 6.07) is 0. The SMILES string of the molecule is Cn1c(SCCO)nnc1C1CCNCC1. The summed E-state index contributed by atoms with van der Waals surface area (Å²) in [5.74, 6) is 2.29. The summed E-state index contributed by atoms with van der Waals surface area (Å²) in [5, 5.41) is 21.5. The average Bonchev–Trinajstić information content (AvgIpc) is 2.69. The van der Waals surface area contributed by atoms with Gasteiger partial charge in [0.2, 0.25) is 0 Å². The molecule has 2 N–H and O–H groups in total. The fourth-order valence-electron chi connectivity index (χ4n) is 2.02. The summed E-state index contributed by atoms with van der Waals surface area (Å²) in [6.45, 7) is 2.31. The largest absolute Gasteiger partial charge is 0.396 e. The zero-order valence-corrected chi connectivity index (χ0v) is 10.3. The number of aliphatic hydroxyl groups is 1. The van der Waals surface area contributed by atoms with Crippen molar-refractivity contribution in [3.8, 4) is 0 Å². The van der Waals surface area contributed by atoms with Crippen LogP contribution in [0.15, 0.2) is 5.16 Å². The van der Waals surface area contributed by atoms with Crippen LogP contribution in [0.4, 0.5) is 0 Å². The van der Waals surface area contributed by atoms with E-state index in [0.717, 1.165) is 36.9 Å². The number of rotatable bonds is 4. The third-order valence-corrected chi connectivity index (χ3v) is 3.90. The standard InChI is InChI=1S/C10H18N4OS/c1-14-9(8-2-4-11-5-3-8)12-13-10(14)16-7-6-15/h8,11,15H,2-7H2,1H3. The number of thioether (sulfide) groups is 1. The first kappa shape index (κ1) is 11.9. The van der Waals surface area contributed by atoms with E-state index in [2.05, 4.69) is 20.1 Å². The van der Waals surface area contributed by atoms with Crippen LogP contribution in [0.3, 0.4) is 0 Å². The zero-order chi connectivity index (χ0) is 11.4. The van der Waals surface area contributed by atoms with Gasteiger partial charge in [-0.3, -0.25) is 0 Å². The van der Waals surface area contributed by atoms with Gasteiger partial charge in [0.05, 0.1) is 6.61 Å². The normalized spacial score (nSPS) is 17.9. The van der Waals surface area contributed by atoms with Crippen molar-refractivity contribution in [3.63, 3.8) is 0 Å². The summed E-state index contributed by atoms with van der Waals surface area (Å²) < 4.78 is 2.07. The van der Waals surface area contributed by atoms with Gasteiger partial charge in [0.1, 0.15) is 5.82 Å². The molecule has 5 nitrogen and oxygen atoms in total. The van der Waals surface area contributed by atoms with Crippen LogP contribution >= 0.6 is 11.8 Å². The monoisotopic (exact) mass is 242 g/mol. The maximum absolute atomic E-state index is 8.79. The first-order chi connectivity index (χ1) is 7.83. The topological polar surface area (TPSA) is 63.0 Å². The van der Waals surface area contributed by atoms with Crippen molar-refractivity contribution in [2.45, 2.75) is 23.9 Å². The molecule has 1 aliphatic rings. The van der Waals surface area contributed by atoms with Crippen molar-refractivity contribution < 1.29 is 5.11 Å². The predicted molar refractivity (Wildman–Crippen MR) is 63.7 cm³/mol. The summed E-state index contributed by atoms with van der Waals surface area (Å²) in [7, 11) is 2.01. The van der Waals surface area contributed by atoms with Crippen molar-refractivity contribution in [3.05, 3.63) is 5.82 Å². The van der Waals surface area contributed by atoms with Gasteiger partial charge >= 0.3 is 0 Å². The van der Waals surface area contributed by atoms with E-state index in [1.54, 1.807) is 11.8 Å². The van der Waals surface area contributed by atoms with Crippen molar-refractivity contribution >= 4 is 11.8 Å². The molecule has 0 unspecified atom stereocenters. The summed E-state index contributed by atoms with van der Waals surface area (Å²) >= 11 is 1.56. The Morgan fingerprint density at radius 2 is 2.19 bits per heavy atom. The molecule has 1 aliphatic heterocycles. The van der Waals surface area contributed by atoms with Gasteiger partial charge in [-0.05, 0) is 25.9 Å². The third kappa shape index (κ3) is 2.56. The molecule has 1 aromatic heterocycles. The lowest BCUT2D eigenvalue weighted by atomic mass is 9.97. The van der Waals surface area contributed by atoms with E-state index in [4.69, 9.17) is 5.11 Å². The smallest absolute Gasteiger partial charge is 0.191 e. The highest BCUT2D eigenvalue weighted by Crippen LogP contribution is 2.25. The molecule has 0 aromatic carbocycles. The van der Waals surface area contributed by atoms with Gasteiger partial charge in [0.25, 0.3) is 0 Å². The number of nitrogens with zero attached hydrogens (tertiary/aromatic N) is 3. The van der Waals surface area contributed by atoms with E-state index in [1.165, 1.54) is 0 Å². The van der Waals surface area contributed by atoms with Gasteiger partial charge in [-0.2, -0.15) is 0 Å². The highest BCUT2D eigenvalue weighted by atomic mass is 32.2. The molecule has 16 heavy (non-hydrogen) atoms. The fraction of sp³-hybridized carbons (Fsp3) is 0.800. The molecule has 2 heterocycles. The van der Waals surface area contributed by atoms with Crippen LogP contribution in [0.1, 0.15) is 24.6 Å². The lowest BCUT2D eigenvalue weighted by molar-refractivity contribution is 0.322. The van der Waals surface area contributed by atoms with Crippen LogP contribution < -0.4 is 5.32 Å². The number of hydrogen-bond donors (Lipinski definition) is 2. The molecule has 0 spiro atoms. The van der Waals surface area contributed by atoms with E-state index in [9.17, 15) is 0 Å². The Labute approximate surface area is 99.6 Å². The Bertz CT molecular complexity index is 336. The predicted octanol–water partition coefficient (Wildman–Crippen LogP) is 0.366. The van der Waals surface area contributed by atoms with Crippen molar-refractivity contribution in [1.29, 1.82) is 0 Å². The Balaban J connectivity index is 2.06. The van der Waals surface area contributed by atoms with Gasteiger partial charge < -0.3 is 15.0 Å². The van der Waals surface area contributed by atoms with Gasteiger partial charge in [-0.1, -0.05) is 11.8 Å². The molecule has 0 amide bonds. The minimum atomic E-state index is 0.181. The van der Waals surface area contributed by atoms with Crippen LogP contribution in [0, 0.1) is 0 Å². The number of aromatic nitrogens is 3. The van der Waals surface area contributed by atoms with Crippen LogP contribution in [0.25, 0.3) is 0 Å². The van der Waals surface area contributed by atoms with Crippen molar-refractivity contribution in [2.24, 2.45) is 7.05 Å². The van der Waals surface area contributed by atoms with Crippen LogP contribution in [-0.4, -0.2) is 45.3 Å². The Morgan fingerprint density at radius 1 is 1.44 bits per heavy atom. The molecule has 1 fully saturated rings. The van der Waals surface area contributed by atoms with Crippen LogP contribution in [-0.2, 0) is 7.05 Å². The summed E-state index contributed by atoms with van der Waals surface area (Å²) in [5.41, 5.74) is 0. The number of aliphatic hydroxyl groups excluding tert-OH is 1. The molecule has 1 saturated heterocycles. The lowest BCUT2D eigenvalue weighted by Crippen LogP contribution is -2.27. The van der Waals surface area contributed by atoms with Gasteiger partial charge in [0, 0.05) is 18.7 Å². The van der Waals surface area contributed by atoms with Gasteiger partial charge in [-0.25, -0.2) is 0 Å². The summed E-state index contributed by atoms with van der Waals surface area (Å²) in [6.07, 6.45) is 2.27. The minimum absolute atomic E-state index is 0.181. The molecule has 0 bridgehead atoms. The second-order valence-electron chi connectivity index (χ2n) is 4.00. The van der Waals surface area contributed by atoms with Crippen molar-refractivity contribution in [1.82, 2.24) is 20.1 Å². The molecule has 1 aromatic rings. The molecule has 0 aliphatic carbocycles. The quantitative estimate of drug-likeness (QED) is 0.747. The lowest BCUT2D eigenvalue weighted by Gasteiger charge is -2.21. The number of hydrogen-bond acceptors (Lipinski definition) is 5. The molecule has 2 rings (SSSR count). The van der Waals surface area contributed by atoms with Gasteiger partial charge in [-0.15, -0.1) is 10.2 Å². The number of piperidine rings is 1. The van der Waals surface area contributed by atoms with E-state index in [-0.39, 0.29) is 6.61 Å². The minimum Gasteiger partial charge on any atom is -0.396 e. The second-order valence-corrected chi connectivity index (χ2v) is 5.06. The fourth-order valence-corrected chi connectivity index (χ4v) is 2.68. The summed E-state index contributed by atoms with van der Waals surface area (Å²) in [4.78, 5) is 0. The number of nitrogens with one attached hydrogen (secondary N) is 1. The van der Waals surface area contributed by atoms with E-state index >= 15 is 0 Å². The highest BCUT2D eigenvalue weighted by molar-refractivity contribution is 7.99. The molecule has 0 atom stereocenters. The van der Waals surface area contributed by atoms with Crippen molar-refractivity contribution in [2.75, 3.05) is 25.4 Å². The Morgan fingerprint density at radius 3 is 2.88 bits per heavy atom. The molecule has 0 radical (unpaired) electrons. The highest BCUT2D eigenvalue weighted by Gasteiger charge is 2.21. The van der Waals surface area contributed by atoms with E-state index in [1.807, 2.05) is 7.05 Å². The maximum Gasteiger partial charge on any atom is 0.191 e. The third-order valence-electron chi connectivity index (χ3n) is 2.90. The molecular formula is C10H18N4OS. The van der Waals surface area contributed by atoms with E-state index < -0.39 is 0 Å². The van der Waals surface area contributed by atoms with Gasteiger partial charge in [0.15, 0.2) is 5.16 Å².